The van der Waals surface area contributed by atoms with Gasteiger partial charge in [0, 0.05) is 17.0 Å². The summed E-state index contributed by atoms with van der Waals surface area (Å²) in [5, 5.41) is 9.91. The van der Waals surface area contributed by atoms with Gasteiger partial charge in [0.1, 0.15) is 0 Å². The number of aromatic nitrogens is 1. The van der Waals surface area contributed by atoms with Gasteiger partial charge in [0.2, 0.25) is 0 Å². The van der Waals surface area contributed by atoms with Gasteiger partial charge in [-0.15, -0.1) is 11.8 Å². The molecule has 3 N–H and O–H groups in total. The molecule has 0 bridgehead atoms. The van der Waals surface area contributed by atoms with Gasteiger partial charge < -0.3 is 10.8 Å². The molecule has 19 heavy (non-hydrogen) atoms. The molecule has 1 aromatic rings. The fraction of sp³-hybridized carbons (Fsp3) is 0.583. The van der Waals surface area contributed by atoms with Crippen molar-refractivity contribution in [3.8, 4) is 0 Å². The van der Waals surface area contributed by atoms with E-state index < -0.39 is 17.3 Å². The van der Waals surface area contributed by atoms with Crippen molar-refractivity contribution in [2.75, 3.05) is 6.61 Å². The summed E-state index contributed by atoms with van der Waals surface area (Å²) in [4.78, 5) is 3.82. The highest BCUT2D eigenvalue weighted by Crippen LogP contribution is 2.38. The van der Waals surface area contributed by atoms with E-state index in [4.69, 9.17) is 10.8 Å². The average Bonchev–Trinajstić information content (AvgIpc) is 2.71. The molecule has 1 fully saturated rings. The molecular formula is C12H15F3N2OS. The molecule has 2 atom stereocenters. The average molecular weight is 292 g/mol. The summed E-state index contributed by atoms with van der Waals surface area (Å²) >= 11 is 1.42. The van der Waals surface area contributed by atoms with E-state index in [1.807, 2.05) is 0 Å². The Balaban J connectivity index is 1.98. The minimum absolute atomic E-state index is 0.0650. The van der Waals surface area contributed by atoms with Gasteiger partial charge in [0.15, 0.2) is 0 Å². The largest absolute Gasteiger partial charge is 0.417 e. The summed E-state index contributed by atoms with van der Waals surface area (Å²) in [6, 6.07) is 2.41. The summed E-state index contributed by atoms with van der Waals surface area (Å²) in [6.45, 7) is -0.0650. The molecule has 0 aliphatic heterocycles. The zero-order chi connectivity index (χ0) is 14.1. The molecule has 3 nitrogen and oxygen atoms in total. The van der Waals surface area contributed by atoms with E-state index in [1.54, 1.807) is 0 Å². The van der Waals surface area contributed by atoms with E-state index >= 15 is 0 Å². The molecule has 1 aliphatic rings. The van der Waals surface area contributed by atoms with Crippen molar-refractivity contribution in [1.29, 1.82) is 0 Å². The fourth-order valence-corrected chi connectivity index (χ4v) is 3.39. The van der Waals surface area contributed by atoms with Crippen molar-refractivity contribution >= 4 is 11.8 Å². The number of nitrogens with two attached hydrogens (primary N) is 1. The van der Waals surface area contributed by atoms with E-state index in [1.165, 1.54) is 17.8 Å². The summed E-state index contributed by atoms with van der Waals surface area (Å²) < 4.78 is 37.1. The predicted molar refractivity (Wildman–Crippen MR) is 66.7 cm³/mol. The Kier molecular flexibility index (Phi) is 4.08. The van der Waals surface area contributed by atoms with E-state index in [-0.39, 0.29) is 11.9 Å². The van der Waals surface area contributed by atoms with Gasteiger partial charge in [0.25, 0.3) is 0 Å². The van der Waals surface area contributed by atoms with Gasteiger partial charge in [-0.1, -0.05) is 0 Å². The molecule has 1 aromatic heterocycles. The minimum atomic E-state index is -4.35. The third kappa shape index (κ3) is 3.61. The third-order valence-electron chi connectivity index (χ3n) is 3.26. The standard InChI is InChI=1S/C12H15F3N2OS/c13-12(14,15)8-1-2-10(17-6-8)19-9-3-4-11(16,5-9)7-18/h1-2,6,9,18H,3-5,7,16H2. The maximum absolute atomic E-state index is 12.4. The number of aliphatic hydroxyl groups is 1. The van der Waals surface area contributed by atoms with Gasteiger partial charge in [-0.05, 0) is 31.4 Å². The Labute approximate surface area is 113 Å². The number of hydrogen-bond donors (Lipinski definition) is 2. The molecule has 0 spiro atoms. The molecule has 1 aliphatic carbocycles. The lowest BCUT2D eigenvalue weighted by molar-refractivity contribution is -0.137. The molecular weight excluding hydrogens is 277 g/mol. The van der Waals surface area contributed by atoms with Crippen LogP contribution in [0.25, 0.3) is 0 Å². The number of hydrogen-bond acceptors (Lipinski definition) is 4. The maximum atomic E-state index is 12.4. The molecule has 1 saturated carbocycles. The molecule has 0 saturated heterocycles. The van der Waals surface area contributed by atoms with Gasteiger partial charge in [-0.3, -0.25) is 0 Å². The summed E-state index contributed by atoms with van der Waals surface area (Å²) in [7, 11) is 0. The van der Waals surface area contributed by atoms with Gasteiger partial charge in [0.05, 0.1) is 17.2 Å². The number of pyridine rings is 1. The van der Waals surface area contributed by atoms with Crippen LogP contribution in [-0.4, -0.2) is 27.5 Å². The summed E-state index contributed by atoms with van der Waals surface area (Å²) in [5.74, 6) is 0. The van der Waals surface area contributed by atoms with Gasteiger partial charge in [-0.25, -0.2) is 4.98 Å². The van der Waals surface area contributed by atoms with Crippen LogP contribution in [0.2, 0.25) is 0 Å². The van der Waals surface area contributed by atoms with Crippen molar-refractivity contribution < 1.29 is 18.3 Å². The molecule has 7 heteroatoms. The summed E-state index contributed by atoms with van der Waals surface area (Å²) in [5.41, 5.74) is 4.66. The Morgan fingerprint density at radius 3 is 2.68 bits per heavy atom. The minimum Gasteiger partial charge on any atom is -0.394 e. The van der Waals surface area contributed by atoms with Crippen molar-refractivity contribution in [2.45, 2.75) is 41.3 Å². The zero-order valence-electron chi connectivity index (χ0n) is 10.2. The van der Waals surface area contributed by atoms with Crippen LogP contribution in [0.4, 0.5) is 13.2 Å². The lowest BCUT2D eigenvalue weighted by Crippen LogP contribution is -2.40. The number of halogens is 3. The first kappa shape index (κ1) is 14.6. The quantitative estimate of drug-likeness (QED) is 0.898. The van der Waals surface area contributed by atoms with Crippen molar-refractivity contribution in [1.82, 2.24) is 4.98 Å². The first-order valence-corrected chi connectivity index (χ1v) is 6.80. The Bertz CT molecular complexity index is 438. The second-order valence-electron chi connectivity index (χ2n) is 4.89. The highest BCUT2D eigenvalue weighted by atomic mass is 32.2. The Morgan fingerprint density at radius 2 is 2.21 bits per heavy atom. The van der Waals surface area contributed by atoms with Crippen molar-refractivity contribution in [3.63, 3.8) is 0 Å². The molecule has 2 rings (SSSR count). The van der Waals surface area contributed by atoms with Crippen LogP contribution in [0.15, 0.2) is 23.4 Å². The van der Waals surface area contributed by atoms with Gasteiger partial charge in [-0.2, -0.15) is 13.2 Å². The highest BCUT2D eigenvalue weighted by Gasteiger charge is 2.36. The van der Waals surface area contributed by atoms with E-state index in [9.17, 15) is 13.2 Å². The molecule has 1 heterocycles. The number of rotatable bonds is 3. The number of aliphatic hydroxyl groups excluding tert-OH is 1. The van der Waals surface area contributed by atoms with Crippen LogP contribution in [-0.2, 0) is 6.18 Å². The van der Waals surface area contributed by atoms with E-state index in [0.717, 1.165) is 25.1 Å². The van der Waals surface area contributed by atoms with Crippen LogP contribution in [0.1, 0.15) is 24.8 Å². The summed E-state index contributed by atoms with van der Waals surface area (Å²) in [6.07, 6.45) is -1.30. The monoisotopic (exact) mass is 292 g/mol. The highest BCUT2D eigenvalue weighted by molar-refractivity contribution is 7.99. The van der Waals surface area contributed by atoms with Crippen LogP contribution >= 0.6 is 11.8 Å². The lowest BCUT2D eigenvalue weighted by atomic mass is 10.0. The number of thioether (sulfide) groups is 1. The topological polar surface area (TPSA) is 59.1 Å². The molecule has 0 radical (unpaired) electrons. The Hall–Kier alpha value is -0.790. The lowest BCUT2D eigenvalue weighted by Gasteiger charge is -2.20. The second kappa shape index (κ2) is 5.30. The molecule has 0 aromatic carbocycles. The van der Waals surface area contributed by atoms with Crippen LogP contribution < -0.4 is 5.73 Å². The molecule has 0 amide bonds. The molecule has 2 unspecified atom stereocenters. The van der Waals surface area contributed by atoms with Crippen LogP contribution in [0.5, 0.6) is 0 Å². The van der Waals surface area contributed by atoms with E-state index in [2.05, 4.69) is 4.98 Å². The molecule has 106 valence electrons. The fourth-order valence-electron chi connectivity index (χ4n) is 2.14. The first-order valence-electron chi connectivity index (χ1n) is 5.92. The smallest absolute Gasteiger partial charge is 0.394 e. The number of alkyl halides is 3. The zero-order valence-corrected chi connectivity index (χ0v) is 11.0. The second-order valence-corrected chi connectivity index (χ2v) is 6.21. The Morgan fingerprint density at radius 1 is 1.47 bits per heavy atom. The van der Waals surface area contributed by atoms with Crippen LogP contribution in [0.3, 0.4) is 0 Å². The third-order valence-corrected chi connectivity index (χ3v) is 4.48. The SMILES string of the molecule is NC1(CO)CCC(Sc2ccc(C(F)(F)F)cn2)C1. The van der Waals surface area contributed by atoms with E-state index in [0.29, 0.717) is 11.4 Å². The van der Waals surface area contributed by atoms with Crippen LogP contribution in [0, 0.1) is 0 Å². The maximum Gasteiger partial charge on any atom is 0.417 e. The number of nitrogens with zero attached hydrogens (tertiary/aromatic N) is 1. The normalized spacial score (nSPS) is 27.7. The van der Waals surface area contributed by atoms with Gasteiger partial charge >= 0.3 is 6.18 Å². The van der Waals surface area contributed by atoms with Crippen molar-refractivity contribution in [3.05, 3.63) is 23.9 Å². The van der Waals surface area contributed by atoms with Crippen molar-refractivity contribution in [2.24, 2.45) is 5.73 Å². The first-order chi connectivity index (χ1) is 8.82. The predicted octanol–water partition coefficient (Wildman–Crippen LogP) is 2.43.